The Bertz CT molecular complexity index is 483. The van der Waals surface area contributed by atoms with Crippen molar-refractivity contribution >= 4 is 22.9 Å². The molecule has 2 unspecified atom stereocenters. The Labute approximate surface area is 112 Å². The summed E-state index contributed by atoms with van der Waals surface area (Å²) in [5.74, 6) is 0.0638. The summed E-state index contributed by atoms with van der Waals surface area (Å²) in [6.07, 6.45) is 6.25. The summed E-state index contributed by atoms with van der Waals surface area (Å²) in [4.78, 5) is 12.2. The molecule has 0 saturated heterocycles. The lowest BCUT2D eigenvalue weighted by molar-refractivity contribution is -0.130. The molecule has 0 aromatic carbocycles. The summed E-state index contributed by atoms with van der Waals surface area (Å²) in [6.45, 7) is 4.32. The summed E-state index contributed by atoms with van der Waals surface area (Å²) in [5, 5.41) is 11.2. The minimum absolute atomic E-state index is 0.346. The molecule has 1 aliphatic carbocycles. The predicted molar refractivity (Wildman–Crippen MR) is 75.6 cm³/mol. The van der Waals surface area contributed by atoms with Crippen molar-refractivity contribution < 1.29 is 9.90 Å². The van der Waals surface area contributed by atoms with Crippen LogP contribution >= 0.6 is 11.3 Å². The number of carboxylic acid groups (broad SMARTS) is 1. The first kappa shape index (κ1) is 13.1. The minimum Gasteiger partial charge on any atom is -0.478 e. The first-order valence-electron chi connectivity index (χ1n) is 6.22. The highest BCUT2D eigenvalue weighted by Gasteiger charge is 2.19. The van der Waals surface area contributed by atoms with Crippen LogP contribution in [0.3, 0.4) is 0 Å². The number of carbonyl (C=O) groups is 1. The molecule has 0 amide bonds. The molecule has 0 saturated carbocycles. The van der Waals surface area contributed by atoms with Crippen molar-refractivity contribution in [3.8, 4) is 0 Å². The third-order valence-corrected chi connectivity index (χ3v) is 4.15. The van der Waals surface area contributed by atoms with Crippen molar-refractivity contribution in [1.29, 1.82) is 0 Å². The molecule has 1 aliphatic rings. The van der Waals surface area contributed by atoms with E-state index in [0.717, 1.165) is 17.7 Å². The van der Waals surface area contributed by atoms with Gasteiger partial charge in [0.1, 0.15) is 0 Å². The van der Waals surface area contributed by atoms with Gasteiger partial charge < -0.3 is 5.11 Å². The number of aliphatic carboxylic acids is 1. The summed E-state index contributed by atoms with van der Waals surface area (Å²) >= 11 is 1.49. The van der Waals surface area contributed by atoms with Gasteiger partial charge in [-0.3, -0.25) is 0 Å². The first-order chi connectivity index (χ1) is 8.56. The van der Waals surface area contributed by atoms with E-state index in [0.29, 0.717) is 17.4 Å². The second kappa shape index (κ2) is 5.53. The summed E-state index contributed by atoms with van der Waals surface area (Å²) in [5.41, 5.74) is 1.82. The van der Waals surface area contributed by atoms with Gasteiger partial charge in [0.05, 0.1) is 5.57 Å². The maximum absolute atomic E-state index is 11.4. The van der Waals surface area contributed by atoms with Gasteiger partial charge in [-0.1, -0.05) is 30.7 Å². The van der Waals surface area contributed by atoms with Crippen LogP contribution in [-0.2, 0) is 4.79 Å². The van der Waals surface area contributed by atoms with Crippen LogP contribution in [0.1, 0.15) is 31.6 Å². The zero-order valence-electron chi connectivity index (χ0n) is 10.7. The van der Waals surface area contributed by atoms with Gasteiger partial charge in [-0.2, -0.15) is 0 Å². The number of hydrogen-bond acceptors (Lipinski definition) is 2. The van der Waals surface area contributed by atoms with Crippen molar-refractivity contribution in [2.45, 2.75) is 26.7 Å². The van der Waals surface area contributed by atoms with Gasteiger partial charge in [0.25, 0.3) is 0 Å². The van der Waals surface area contributed by atoms with Crippen LogP contribution in [0, 0.1) is 11.8 Å². The molecule has 2 nitrogen and oxygen atoms in total. The summed E-state index contributed by atoms with van der Waals surface area (Å²) < 4.78 is 0. The molecule has 1 aromatic heterocycles. The van der Waals surface area contributed by atoms with Crippen molar-refractivity contribution in [3.63, 3.8) is 0 Å². The molecule has 0 fully saturated rings. The van der Waals surface area contributed by atoms with Crippen molar-refractivity contribution in [1.82, 2.24) is 0 Å². The number of carboxylic acids is 1. The normalized spacial score (nSPS) is 24.8. The fourth-order valence-electron chi connectivity index (χ4n) is 2.65. The Kier molecular flexibility index (Phi) is 4.02. The van der Waals surface area contributed by atoms with E-state index in [-0.39, 0.29) is 0 Å². The maximum atomic E-state index is 11.4. The summed E-state index contributed by atoms with van der Waals surface area (Å²) in [6, 6.07) is 3.77. The lowest BCUT2D eigenvalue weighted by atomic mass is 9.82. The van der Waals surface area contributed by atoms with E-state index in [2.05, 4.69) is 19.9 Å². The zero-order chi connectivity index (χ0) is 13.1. The van der Waals surface area contributed by atoms with Gasteiger partial charge in [-0.15, -0.1) is 11.3 Å². The van der Waals surface area contributed by atoms with Gasteiger partial charge >= 0.3 is 5.97 Å². The molecule has 0 radical (unpaired) electrons. The molecule has 18 heavy (non-hydrogen) atoms. The third-order valence-electron chi connectivity index (χ3n) is 3.25. The molecule has 96 valence electrons. The van der Waals surface area contributed by atoms with E-state index in [4.69, 9.17) is 0 Å². The van der Waals surface area contributed by atoms with E-state index in [1.165, 1.54) is 16.9 Å². The zero-order valence-corrected chi connectivity index (χ0v) is 11.5. The van der Waals surface area contributed by atoms with E-state index < -0.39 is 5.97 Å². The first-order valence-corrected chi connectivity index (χ1v) is 7.10. The fourth-order valence-corrected chi connectivity index (χ4v) is 3.39. The molecule has 0 bridgehead atoms. The average Bonchev–Trinajstić information content (AvgIpc) is 2.77. The molecule has 2 atom stereocenters. The lowest BCUT2D eigenvalue weighted by Gasteiger charge is -2.23. The average molecular weight is 262 g/mol. The number of rotatable bonds is 3. The largest absolute Gasteiger partial charge is 0.478 e. The highest BCUT2D eigenvalue weighted by atomic mass is 32.1. The van der Waals surface area contributed by atoms with Gasteiger partial charge in [-0.25, -0.2) is 4.79 Å². The Morgan fingerprint density at radius 3 is 2.89 bits per heavy atom. The maximum Gasteiger partial charge on any atom is 0.336 e. The van der Waals surface area contributed by atoms with Crippen LogP contribution in [-0.4, -0.2) is 11.1 Å². The van der Waals surface area contributed by atoms with Crippen molar-refractivity contribution in [2.24, 2.45) is 11.8 Å². The molecule has 1 N–H and O–H groups in total. The third kappa shape index (κ3) is 3.10. The monoisotopic (exact) mass is 262 g/mol. The molecule has 1 heterocycles. The second-order valence-electron chi connectivity index (χ2n) is 5.05. The molecular weight excluding hydrogens is 244 g/mol. The fraction of sp³-hybridized carbons (Fsp3) is 0.400. The van der Waals surface area contributed by atoms with Gasteiger partial charge in [0, 0.05) is 4.88 Å². The van der Waals surface area contributed by atoms with Crippen LogP contribution < -0.4 is 0 Å². The summed E-state index contributed by atoms with van der Waals surface area (Å²) in [7, 11) is 0. The molecule has 3 heteroatoms. The van der Waals surface area contributed by atoms with Crippen LogP contribution in [0.25, 0.3) is 5.57 Å². The Morgan fingerprint density at radius 1 is 1.56 bits per heavy atom. The smallest absolute Gasteiger partial charge is 0.336 e. The quantitative estimate of drug-likeness (QED) is 0.654. The molecule has 2 rings (SSSR count). The van der Waals surface area contributed by atoms with Crippen LogP contribution in [0.15, 0.2) is 35.2 Å². The minimum atomic E-state index is -0.822. The number of thiophene rings is 1. The van der Waals surface area contributed by atoms with Gasteiger partial charge in [0.2, 0.25) is 0 Å². The van der Waals surface area contributed by atoms with Crippen molar-refractivity contribution in [2.75, 3.05) is 0 Å². The second-order valence-corrected chi connectivity index (χ2v) is 6.00. The topological polar surface area (TPSA) is 37.3 Å². The van der Waals surface area contributed by atoms with Gasteiger partial charge in [0.15, 0.2) is 0 Å². The molecule has 1 aromatic rings. The van der Waals surface area contributed by atoms with Crippen LogP contribution in [0.4, 0.5) is 0 Å². The molecule has 0 aliphatic heterocycles. The highest BCUT2D eigenvalue weighted by molar-refractivity contribution is 7.11. The van der Waals surface area contributed by atoms with E-state index in [1.807, 2.05) is 23.6 Å². The number of hydrogen-bond donors (Lipinski definition) is 1. The Hall–Kier alpha value is -1.35. The van der Waals surface area contributed by atoms with Crippen LogP contribution in [0.2, 0.25) is 0 Å². The lowest BCUT2D eigenvalue weighted by Crippen LogP contribution is -2.11. The Morgan fingerprint density at radius 2 is 2.33 bits per heavy atom. The molecule has 0 spiro atoms. The highest BCUT2D eigenvalue weighted by Crippen LogP contribution is 2.32. The predicted octanol–water partition coefficient (Wildman–Crippen LogP) is 4.21. The van der Waals surface area contributed by atoms with Gasteiger partial charge in [-0.05, 0) is 43.0 Å². The molecular formula is C15H18O2S. The number of allylic oxidation sites excluding steroid dienone is 3. The van der Waals surface area contributed by atoms with E-state index in [9.17, 15) is 9.90 Å². The van der Waals surface area contributed by atoms with Crippen molar-refractivity contribution in [3.05, 3.63) is 40.1 Å². The Balaban J connectivity index is 2.24. The SMILES string of the molecule is CC1=CC(C)CC(/C=C(/C(=O)O)c2cccs2)C1. The van der Waals surface area contributed by atoms with E-state index in [1.54, 1.807) is 0 Å². The van der Waals surface area contributed by atoms with E-state index >= 15 is 0 Å². The van der Waals surface area contributed by atoms with Crippen LogP contribution in [0.5, 0.6) is 0 Å². The standard InChI is InChI=1S/C15H18O2S/c1-10-6-11(2)8-12(7-10)9-13(15(16)17)14-4-3-5-18-14/h3-6,9-10,12H,7-8H2,1-2H3,(H,16,17)/b13-9+.